The summed E-state index contributed by atoms with van der Waals surface area (Å²) < 4.78 is 27.5. The first-order chi connectivity index (χ1) is 23.4. The number of rotatable bonds is 14. The van der Waals surface area contributed by atoms with Crippen molar-refractivity contribution < 1.29 is 18.9 Å². The lowest BCUT2D eigenvalue weighted by Gasteiger charge is -2.47. The first-order valence-corrected chi connectivity index (χ1v) is 16.7. The molecule has 0 amide bonds. The van der Waals surface area contributed by atoms with Crippen LogP contribution in [0, 0.1) is 11.3 Å². The lowest BCUT2D eigenvalue weighted by molar-refractivity contribution is -0.0837. The number of hydrogen-bond acceptors (Lipinski definition) is 12. The molecular formula is C34H44N10O4. The van der Waals surface area contributed by atoms with Crippen molar-refractivity contribution in [1.82, 2.24) is 39.4 Å². The number of hydrogen-bond donors (Lipinski definition) is 1. The van der Waals surface area contributed by atoms with E-state index in [4.69, 9.17) is 24.0 Å². The van der Waals surface area contributed by atoms with Gasteiger partial charge in [0.1, 0.15) is 48.5 Å². The van der Waals surface area contributed by atoms with Gasteiger partial charge in [-0.25, -0.2) is 24.3 Å². The fourth-order valence-corrected chi connectivity index (χ4v) is 6.37. The molecule has 3 aromatic heterocycles. The van der Waals surface area contributed by atoms with Gasteiger partial charge in [0.15, 0.2) is 0 Å². The molecule has 1 saturated carbocycles. The van der Waals surface area contributed by atoms with Gasteiger partial charge >= 0.3 is 0 Å². The maximum Gasteiger partial charge on any atom is 0.257 e. The highest BCUT2D eigenvalue weighted by Gasteiger charge is 2.42. The van der Waals surface area contributed by atoms with Crippen LogP contribution >= 0.6 is 0 Å². The third-order valence-corrected chi connectivity index (χ3v) is 8.71. The Bertz CT molecular complexity index is 1640. The van der Waals surface area contributed by atoms with E-state index in [2.05, 4.69) is 41.0 Å². The molecule has 48 heavy (non-hydrogen) atoms. The molecule has 4 aromatic rings. The van der Waals surface area contributed by atoms with Gasteiger partial charge in [0.2, 0.25) is 5.95 Å². The van der Waals surface area contributed by atoms with Crippen molar-refractivity contribution in [3.63, 3.8) is 0 Å². The Balaban J connectivity index is 1.22. The van der Waals surface area contributed by atoms with E-state index in [1.807, 2.05) is 39.1 Å². The highest BCUT2D eigenvalue weighted by Crippen LogP contribution is 2.40. The lowest BCUT2D eigenvalue weighted by Crippen LogP contribution is -2.56. The highest BCUT2D eigenvalue weighted by atomic mass is 16.5. The number of benzene rings is 1. The van der Waals surface area contributed by atoms with Crippen LogP contribution in [0.5, 0.6) is 11.6 Å². The fraction of sp³-hybridized carbons (Fsp3) is 0.529. The van der Waals surface area contributed by atoms with Crippen LogP contribution in [0.15, 0.2) is 49.4 Å². The van der Waals surface area contributed by atoms with E-state index in [1.54, 1.807) is 29.5 Å². The molecule has 1 N–H and O–H groups in total. The number of anilines is 2. The molecule has 1 aliphatic carbocycles. The highest BCUT2D eigenvalue weighted by molar-refractivity contribution is 5.67. The molecule has 0 spiro atoms. The van der Waals surface area contributed by atoms with E-state index >= 15 is 0 Å². The summed E-state index contributed by atoms with van der Waals surface area (Å²) in [4.78, 5) is 15.8. The second kappa shape index (κ2) is 15.5. The Morgan fingerprint density at radius 3 is 2.54 bits per heavy atom. The van der Waals surface area contributed by atoms with Crippen molar-refractivity contribution in [1.29, 1.82) is 5.26 Å². The average molecular weight is 657 g/mol. The zero-order valence-corrected chi connectivity index (χ0v) is 27.9. The van der Waals surface area contributed by atoms with Gasteiger partial charge in [-0.15, -0.1) is 5.10 Å². The molecule has 0 radical (unpaired) electrons. The monoisotopic (exact) mass is 656 g/mol. The summed E-state index contributed by atoms with van der Waals surface area (Å²) in [5.74, 6) is 1.39. The molecule has 1 atom stereocenters. The van der Waals surface area contributed by atoms with Crippen LogP contribution in [-0.4, -0.2) is 91.1 Å². The molecule has 1 aliphatic heterocycles. The molecule has 4 heterocycles. The molecule has 6 rings (SSSR count). The normalized spacial score (nSPS) is 17.1. The quantitative estimate of drug-likeness (QED) is 0.186. The number of morpholine rings is 1. The van der Waals surface area contributed by atoms with Crippen LogP contribution < -0.4 is 14.8 Å². The van der Waals surface area contributed by atoms with Crippen molar-refractivity contribution in [2.45, 2.75) is 77.3 Å². The van der Waals surface area contributed by atoms with Crippen LogP contribution in [0.3, 0.4) is 0 Å². The van der Waals surface area contributed by atoms with E-state index in [-0.39, 0.29) is 17.9 Å². The van der Waals surface area contributed by atoms with Gasteiger partial charge in [0.25, 0.3) is 5.88 Å². The second-order valence-corrected chi connectivity index (χ2v) is 12.5. The molecular weight excluding hydrogens is 612 g/mol. The zero-order chi connectivity index (χ0) is 33.3. The Morgan fingerprint density at radius 1 is 1.04 bits per heavy atom. The van der Waals surface area contributed by atoms with E-state index in [0.29, 0.717) is 48.6 Å². The summed E-state index contributed by atoms with van der Waals surface area (Å²) in [6, 6.07) is 7.67. The van der Waals surface area contributed by atoms with Crippen molar-refractivity contribution in [2.24, 2.45) is 0 Å². The lowest BCUT2D eigenvalue weighted by atomic mass is 9.87. The molecule has 1 aromatic carbocycles. The summed E-state index contributed by atoms with van der Waals surface area (Å²) in [7, 11) is 0. The Morgan fingerprint density at radius 2 is 1.83 bits per heavy atom. The molecule has 1 unspecified atom stereocenters. The molecule has 254 valence electrons. The first-order valence-electron chi connectivity index (χ1n) is 16.7. The van der Waals surface area contributed by atoms with Crippen molar-refractivity contribution in [2.75, 3.05) is 44.8 Å². The summed E-state index contributed by atoms with van der Waals surface area (Å²) in [6.45, 7) is 10.4. The van der Waals surface area contributed by atoms with E-state index in [0.717, 1.165) is 63.1 Å². The van der Waals surface area contributed by atoms with Crippen molar-refractivity contribution >= 4 is 11.6 Å². The maximum absolute atomic E-state index is 9.69. The number of nitrogens with one attached hydrogen (secondary N) is 1. The molecule has 2 aliphatic rings. The second-order valence-electron chi connectivity index (χ2n) is 12.5. The van der Waals surface area contributed by atoms with Gasteiger partial charge in [0, 0.05) is 31.0 Å². The Kier molecular flexibility index (Phi) is 10.8. The smallest absolute Gasteiger partial charge is 0.257 e. The van der Waals surface area contributed by atoms with E-state index in [9.17, 15) is 5.26 Å². The summed E-state index contributed by atoms with van der Waals surface area (Å²) in [5, 5.41) is 22.2. The largest absolute Gasteiger partial charge is 0.487 e. The molecule has 2 fully saturated rings. The number of nitrogens with zero attached hydrogens (tertiary/aromatic N) is 9. The van der Waals surface area contributed by atoms with Gasteiger partial charge in [-0.1, -0.05) is 12.5 Å². The van der Waals surface area contributed by atoms with Gasteiger partial charge < -0.3 is 24.3 Å². The first kappa shape index (κ1) is 33.3. The van der Waals surface area contributed by atoms with Crippen LogP contribution in [0.2, 0.25) is 0 Å². The van der Waals surface area contributed by atoms with E-state index in [1.165, 1.54) is 12.7 Å². The van der Waals surface area contributed by atoms with Crippen LogP contribution in [0.25, 0.3) is 11.1 Å². The third kappa shape index (κ3) is 7.92. The van der Waals surface area contributed by atoms with Gasteiger partial charge in [-0.2, -0.15) is 10.4 Å². The predicted molar refractivity (Wildman–Crippen MR) is 178 cm³/mol. The molecule has 14 heteroatoms. The van der Waals surface area contributed by atoms with E-state index < -0.39 is 0 Å². The predicted octanol–water partition coefficient (Wildman–Crippen LogP) is 4.77. The standard InChI is InChI=1S/C34H44N10O4/c1-25(2)46-15-16-47-32-30(22-44(41-32)34(9-5-4-6-10-34)42-11-13-45-14-12-42)40-33-37-19-29(20-38-33)27-7-8-28(18-35)31(17-27)48-26(3)21-43-24-36-23-39-43/h7-8,17,19-20,22-26H,4-6,9-16,21H2,1-3H3,(H,37,38,40). The number of aromatic nitrogens is 7. The van der Waals surface area contributed by atoms with Crippen molar-refractivity contribution in [3.05, 3.63) is 55.0 Å². The third-order valence-electron chi connectivity index (χ3n) is 8.71. The van der Waals surface area contributed by atoms with Crippen molar-refractivity contribution in [3.8, 4) is 28.8 Å². The topological polar surface area (TPSA) is 150 Å². The minimum atomic E-state index is -0.235. The minimum absolute atomic E-state index is 0.115. The summed E-state index contributed by atoms with van der Waals surface area (Å²) >= 11 is 0. The number of nitriles is 1. The van der Waals surface area contributed by atoms with Crippen LogP contribution in [0.1, 0.15) is 58.4 Å². The SMILES string of the molecule is CC(C)OCCOc1nn(C2(N3CCOCC3)CCCCC2)cc1Nc1ncc(-c2ccc(C#N)c(OC(C)Cn3cncn3)c2)cn1. The van der Waals surface area contributed by atoms with Crippen LogP contribution in [-0.2, 0) is 21.7 Å². The van der Waals surface area contributed by atoms with Gasteiger partial charge in [-0.3, -0.25) is 4.90 Å². The summed E-state index contributed by atoms with van der Waals surface area (Å²) in [6.07, 6.45) is 14.1. The molecule has 1 saturated heterocycles. The zero-order valence-electron chi connectivity index (χ0n) is 27.9. The minimum Gasteiger partial charge on any atom is -0.487 e. The molecule has 0 bridgehead atoms. The Hall–Kier alpha value is -4.58. The molecule has 14 nitrogen and oxygen atoms in total. The average Bonchev–Trinajstić information content (AvgIpc) is 3.78. The maximum atomic E-state index is 9.69. The summed E-state index contributed by atoms with van der Waals surface area (Å²) in [5.41, 5.74) is 2.52. The number of ether oxygens (including phenoxy) is 4. The van der Waals surface area contributed by atoms with Crippen LogP contribution in [0.4, 0.5) is 11.6 Å². The fourth-order valence-electron chi connectivity index (χ4n) is 6.37. The van der Waals surface area contributed by atoms with Gasteiger partial charge in [0.05, 0.1) is 44.2 Å². The Labute approximate surface area is 281 Å². The van der Waals surface area contributed by atoms with Gasteiger partial charge in [-0.05, 0) is 64.2 Å².